The fraction of sp³-hybridized carbons (Fsp3) is 0.444. The molecule has 2 aromatic rings. The van der Waals surface area contributed by atoms with Gasteiger partial charge in [0.05, 0.1) is 0 Å². The standard InChI is InChI=1S/C18H23N5O2/c1-12(2)16(18(25)19-15-9-8-13(10-15)11-24)23-21-17(20-22-23)14-6-4-3-5-7-14/h3-9,12-13,15-16,24H,10-11H2,1-2H3,(H,19,25)/t13-,15+,16-/m0/s1. The predicted octanol–water partition coefficient (Wildman–Crippen LogP) is 1.59. The van der Waals surface area contributed by atoms with E-state index in [2.05, 4.69) is 20.7 Å². The fourth-order valence-electron chi connectivity index (χ4n) is 3.01. The van der Waals surface area contributed by atoms with Crippen LogP contribution in [0, 0.1) is 11.8 Å². The van der Waals surface area contributed by atoms with Crippen molar-refractivity contribution in [2.24, 2.45) is 11.8 Å². The number of aliphatic hydroxyl groups excluding tert-OH is 1. The van der Waals surface area contributed by atoms with Gasteiger partial charge in [-0.2, -0.15) is 4.80 Å². The minimum atomic E-state index is -0.536. The Bertz CT molecular complexity index is 741. The Balaban J connectivity index is 1.74. The van der Waals surface area contributed by atoms with Crippen LogP contribution in [0.3, 0.4) is 0 Å². The van der Waals surface area contributed by atoms with Gasteiger partial charge in [-0.15, -0.1) is 10.2 Å². The predicted molar refractivity (Wildman–Crippen MR) is 93.4 cm³/mol. The number of tetrazole rings is 1. The minimum absolute atomic E-state index is 0.0110. The molecule has 0 spiro atoms. The van der Waals surface area contributed by atoms with Crippen molar-refractivity contribution in [3.8, 4) is 11.4 Å². The molecule has 1 aromatic carbocycles. The summed E-state index contributed by atoms with van der Waals surface area (Å²) in [5.41, 5.74) is 0.862. The number of aromatic nitrogens is 4. The summed E-state index contributed by atoms with van der Waals surface area (Å²) in [5, 5.41) is 24.8. The Morgan fingerprint density at radius 3 is 2.72 bits per heavy atom. The van der Waals surface area contributed by atoms with E-state index in [0.717, 1.165) is 5.56 Å². The number of carbonyl (C=O) groups excluding carboxylic acids is 1. The number of rotatable bonds is 6. The Kier molecular flexibility index (Phi) is 5.23. The van der Waals surface area contributed by atoms with Gasteiger partial charge in [-0.05, 0) is 17.6 Å². The van der Waals surface area contributed by atoms with Crippen molar-refractivity contribution < 1.29 is 9.90 Å². The third kappa shape index (κ3) is 3.93. The molecule has 1 heterocycles. The summed E-state index contributed by atoms with van der Waals surface area (Å²) in [6, 6.07) is 8.95. The minimum Gasteiger partial charge on any atom is -0.396 e. The summed E-state index contributed by atoms with van der Waals surface area (Å²) in [6.45, 7) is 4.01. The smallest absolute Gasteiger partial charge is 0.247 e. The highest BCUT2D eigenvalue weighted by atomic mass is 16.3. The van der Waals surface area contributed by atoms with E-state index in [1.54, 1.807) is 0 Å². The first-order valence-electron chi connectivity index (χ1n) is 8.53. The maximum atomic E-state index is 12.7. The summed E-state index contributed by atoms with van der Waals surface area (Å²) in [7, 11) is 0. The van der Waals surface area contributed by atoms with Crippen molar-refractivity contribution >= 4 is 5.91 Å². The topological polar surface area (TPSA) is 92.9 Å². The molecule has 1 aliphatic rings. The van der Waals surface area contributed by atoms with Crippen molar-refractivity contribution in [1.29, 1.82) is 0 Å². The van der Waals surface area contributed by atoms with Crippen molar-refractivity contribution in [1.82, 2.24) is 25.5 Å². The van der Waals surface area contributed by atoms with E-state index in [1.807, 2.05) is 56.3 Å². The molecule has 0 aliphatic heterocycles. The molecule has 1 amide bonds. The Labute approximate surface area is 146 Å². The number of hydrogen-bond donors (Lipinski definition) is 2. The second kappa shape index (κ2) is 7.57. The van der Waals surface area contributed by atoms with E-state index < -0.39 is 6.04 Å². The maximum absolute atomic E-state index is 12.7. The van der Waals surface area contributed by atoms with Gasteiger partial charge in [0.15, 0.2) is 6.04 Å². The van der Waals surface area contributed by atoms with Crippen molar-refractivity contribution in [2.75, 3.05) is 6.61 Å². The van der Waals surface area contributed by atoms with Crippen LogP contribution in [0.4, 0.5) is 0 Å². The Hall–Kier alpha value is -2.54. The molecule has 0 fully saturated rings. The molecule has 7 heteroatoms. The zero-order chi connectivity index (χ0) is 17.8. The average molecular weight is 341 g/mol. The molecule has 132 valence electrons. The highest BCUT2D eigenvalue weighted by Gasteiger charge is 2.30. The normalized spacial score (nSPS) is 20.8. The first-order chi connectivity index (χ1) is 12.1. The van der Waals surface area contributed by atoms with Crippen molar-refractivity contribution in [3.63, 3.8) is 0 Å². The Morgan fingerprint density at radius 1 is 1.32 bits per heavy atom. The number of nitrogens with zero attached hydrogens (tertiary/aromatic N) is 4. The van der Waals surface area contributed by atoms with Crippen LogP contribution in [0.1, 0.15) is 26.3 Å². The highest BCUT2D eigenvalue weighted by molar-refractivity contribution is 5.81. The monoisotopic (exact) mass is 341 g/mol. The molecular weight excluding hydrogens is 318 g/mol. The zero-order valence-electron chi connectivity index (χ0n) is 14.4. The lowest BCUT2D eigenvalue weighted by Crippen LogP contribution is -2.41. The number of amides is 1. The quantitative estimate of drug-likeness (QED) is 0.778. The molecular formula is C18H23N5O2. The van der Waals surface area contributed by atoms with Gasteiger partial charge in [0, 0.05) is 24.1 Å². The third-order valence-electron chi connectivity index (χ3n) is 4.34. The number of aliphatic hydroxyl groups is 1. The molecule has 7 nitrogen and oxygen atoms in total. The first kappa shape index (κ1) is 17.3. The van der Waals surface area contributed by atoms with Gasteiger partial charge in [0.25, 0.3) is 0 Å². The van der Waals surface area contributed by atoms with E-state index in [9.17, 15) is 9.90 Å². The maximum Gasteiger partial charge on any atom is 0.247 e. The largest absolute Gasteiger partial charge is 0.396 e. The van der Waals surface area contributed by atoms with Crippen LogP contribution >= 0.6 is 0 Å². The molecule has 0 radical (unpaired) electrons. The molecule has 0 saturated heterocycles. The van der Waals surface area contributed by atoms with Gasteiger partial charge >= 0.3 is 0 Å². The van der Waals surface area contributed by atoms with Crippen molar-refractivity contribution in [2.45, 2.75) is 32.4 Å². The molecule has 3 rings (SSSR count). The van der Waals surface area contributed by atoms with Crippen LogP contribution < -0.4 is 5.32 Å². The number of hydrogen-bond acceptors (Lipinski definition) is 5. The van der Waals surface area contributed by atoms with Gasteiger partial charge in [0.1, 0.15) is 0 Å². The lowest BCUT2D eigenvalue weighted by molar-refractivity contribution is -0.126. The average Bonchev–Trinajstić information content (AvgIpc) is 3.25. The number of carbonyl (C=O) groups is 1. The lowest BCUT2D eigenvalue weighted by Gasteiger charge is -2.21. The summed E-state index contributed by atoms with van der Waals surface area (Å²) >= 11 is 0. The molecule has 0 saturated carbocycles. The van der Waals surface area contributed by atoms with Crippen LogP contribution in [0.25, 0.3) is 11.4 Å². The van der Waals surface area contributed by atoms with Crippen LogP contribution in [-0.4, -0.2) is 43.9 Å². The second-order valence-corrected chi connectivity index (χ2v) is 6.67. The molecule has 25 heavy (non-hydrogen) atoms. The van der Waals surface area contributed by atoms with Gasteiger partial charge in [-0.3, -0.25) is 4.79 Å². The SMILES string of the molecule is CC(C)[C@@H](C(=O)N[C@@H]1C=C[C@H](CO)C1)n1nnc(-c2ccccc2)n1. The molecule has 1 aromatic heterocycles. The fourth-order valence-corrected chi connectivity index (χ4v) is 3.01. The number of nitrogens with one attached hydrogen (secondary N) is 1. The first-order valence-corrected chi connectivity index (χ1v) is 8.53. The van der Waals surface area contributed by atoms with Crippen LogP contribution in [0.5, 0.6) is 0 Å². The van der Waals surface area contributed by atoms with E-state index in [1.165, 1.54) is 4.80 Å². The van der Waals surface area contributed by atoms with Crippen LogP contribution in [-0.2, 0) is 4.79 Å². The highest BCUT2D eigenvalue weighted by Crippen LogP contribution is 2.21. The lowest BCUT2D eigenvalue weighted by atomic mass is 10.0. The van der Waals surface area contributed by atoms with Crippen LogP contribution in [0.2, 0.25) is 0 Å². The van der Waals surface area contributed by atoms with Crippen LogP contribution in [0.15, 0.2) is 42.5 Å². The summed E-state index contributed by atoms with van der Waals surface area (Å²) in [5.74, 6) is 0.481. The van der Waals surface area contributed by atoms with Gasteiger partial charge in [-0.1, -0.05) is 56.3 Å². The molecule has 3 atom stereocenters. The molecule has 1 aliphatic carbocycles. The summed E-state index contributed by atoms with van der Waals surface area (Å²) < 4.78 is 0. The van der Waals surface area contributed by atoms with E-state index in [4.69, 9.17) is 0 Å². The summed E-state index contributed by atoms with van der Waals surface area (Å²) in [6.07, 6.45) is 4.59. The molecule has 0 unspecified atom stereocenters. The van der Waals surface area contributed by atoms with Gasteiger partial charge in [0.2, 0.25) is 11.7 Å². The van der Waals surface area contributed by atoms with E-state index in [0.29, 0.717) is 12.2 Å². The Morgan fingerprint density at radius 2 is 2.08 bits per heavy atom. The molecule has 2 N–H and O–H groups in total. The van der Waals surface area contributed by atoms with Crippen molar-refractivity contribution in [3.05, 3.63) is 42.5 Å². The molecule has 0 bridgehead atoms. The second-order valence-electron chi connectivity index (χ2n) is 6.67. The number of benzene rings is 1. The third-order valence-corrected chi connectivity index (χ3v) is 4.34. The van der Waals surface area contributed by atoms with E-state index in [-0.39, 0.29) is 30.4 Å². The summed E-state index contributed by atoms with van der Waals surface area (Å²) in [4.78, 5) is 14.1. The zero-order valence-corrected chi connectivity index (χ0v) is 14.4. The van der Waals surface area contributed by atoms with Gasteiger partial charge < -0.3 is 10.4 Å². The van der Waals surface area contributed by atoms with E-state index >= 15 is 0 Å². The van der Waals surface area contributed by atoms with Gasteiger partial charge in [-0.25, -0.2) is 0 Å².